The minimum Gasteiger partial charge on any atom is -0.370 e. The first-order valence-corrected chi connectivity index (χ1v) is 7.86. The molecule has 2 aromatic rings. The van der Waals surface area contributed by atoms with Crippen LogP contribution in [0.1, 0.15) is 36.0 Å². The van der Waals surface area contributed by atoms with Gasteiger partial charge in [-0.2, -0.15) is 0 Å². The van der Waals surface area contributed by atoms with Gasteiger partial charge in [-0.05, 0) is 26.3 Å². The molecule has 124 valence electrons. The van der Waals surface area contributed by atoms with E-state index < -0.39 is 0 Å². The largest absolute Gasteiger partial charge is 0.370 e. The van der Waals surface area contributed by atoms with E-state index in [0.29, 0.717) is 5.92 Å². The van der Waals surface area contributed by atoms with E-state index in [9.17, 15) is 0 Å². The number of aromatic nitrogens is 4. The maximum atomic E-state index is 4.61. The van der Waals surface area contributed by atoms with Gasteiger partial charge in [0.25, 0.3) is 0 Å². The van der Waals surface area contributed by atoms with Crippen molar-refractivity contribution in [3.63, 3.8) is 0 Å². The van der Waals surface area contributed by atoms with Crippen LogP contribution >= 0.6 is 12.4 Å². The molecule has 0 spiro atoms. The molecular formula is C16H23ClN6. The summed E-state index contributed by atoms with van der Waals surface area (Å²) < 4.78 is 0. The van der Waals surface area contributed by atoms with Crippen molar-refractivity contribution in [2.45, 2.75) is 32.1 Å². The van der Waals surface area contributed by atoms with Gasteiger partial charge in [0, 0.05) is 50.1 Å². The van der Waals surface area contributed by atoms with Crippen molar-refractivity contribution in [1.29, 1.82) is 0 Å². The highest BCUT2D eigenvalue weighted by Crippen LogP contribution is 2.23. The summed E-state index contributed by atoms with van der Waals surface area (Å²) in [6, 6.07) is 2.08. The lowest BCUT2D eigenvalue weighted by Crippen LogP contribution is -2.29. The molecule has 3 heterocycles. The van der Waals surface area contributed by atoms with Gasteiger partial charge in [-0.1, -0.05) is 0 Å². The molecule has 1 fully saturated rings. The Labute approximate surface area is 143 Å². The molecule has 0 aromatic carbocycles. The van der Waals surface area contributed by atoms with E-state index in [4.69, 9.17) is 0 Å². The predicted octanol–water partition coefficient (Wildman–Crippen LogP) is 2.12. The monoisotopic (exact) mass is 334 g/mol. The zero-order valence-corrected chi connectivity index (χ0v) is 14.1. The molecule has 0 amide bonds. The van der Waals surface area contributed by atoms with Gasteiger partial charge in [-0.25, -0.2) is 9.97 Å². The molecule has 23 heavy (non-hydrogen) atoms. The fourth-order valence-corrected chi connectivity index (χ4v) is 2.77. The van der Waals surface area contributed by atoms with Crippen molar-refractivity contribution >= 4 is 18.2 Å². The first-order chi connectivity index (χ1) is 10.8. The third kappa shape index (κ3) is 5.11. The maximum absolute atomic E-state index is 4.61. The van der Waals surface area contributed by atoms with Gasteiger partial charge in [0.1, 0.15) is 11.6 Å². The summed E-state index contributed by atoms with van der Waals surface area (Å²) in [4.78, 5) is 17.4. The topological polar surface area (TPSA) is 75.6 Å². The summed E-state index contributed by atoms with van der Waals surface area (Å²) in [7, 11) is 0. The Morgan fingerprint density at radius 1 is 1.30 bits per heavy atom. The number of aryl methyl sites for hydroxylation is 1. The summed E-state index contributed by atoms with van der Waals surface area (Å²) in [5.41, 5.74) is 2.12. The van der Waals surface area contributed by atoms with E-state index in [2.05, 4.69) is 36.6 Å². The Morgan fingerprint density at radius 3 is 2.96 bits per heavy atom. The number of halogens is 1. The van der Waals surface area contributed by atoms with Crippen LogP contribution in [0, 0.1) is 6.92 Å². The summed E-state index contributed by atoms with van der Waals surface area (Å²) in [6.45, 7) is 4.87. The second-order valence-corrected chi connectivity index (χ2v) is 5.64. The van der Waals surface area contributed by atoms with Crippen LogP contribution in [0.5, 0.6) is 0 Å². The predicted molar refractivity (Wildman–Crippen MR) is 93.1 cm³/mol. The van der Waals surface area contributed by atoms with Gasteiger partial charge >= 0.3 is 0 Å². The average Bonchev–Trinajstić information content (AvgIpc) is 2.56. The standard InChI is InChI=1S/C16H22N6.ClH/c1-12-21-15(13-3-2-5-17-10-13)9-16(22-12)20-6-4-14-11-18-7-8-19-14;/h7-9,11,13,17H,2-6,10H2,1H3,(H,20,21,22);1H. The molecule has 0 bridgehead atoms. The van der Waals surface area contributed by atoms with Crippen molar-refractivity contribution in [1.82, 2.24) is 25.3 Å². The Bertz CT molecular complexity index is 601. The van der Waals surface area contributed by atoms with Gasteiger partial charge < -0.3 is 10.6 Å². The van der Waals surface area contributed by atoms with Crippen LogP contribution in [0.3, 0.4) is 0 Å². The first-order valence-electron chi connectivity index (χ1n) is 7.86. The molecular weight excluding hydrogens is 312 g/mol. The minimum absolute atomic E-state index is 0. The van der Waals surface area contributed by atoms with Crippen molar-refractivity contribution in [2.24, 2.45) is 0 Å². The van der Waals surface area contributed by atoms with E-state index >= 15 is 0 Å². The molecule has 7 heteroatoms. The Hall–Kier alpha value is -1.79. The summed E-state index contributed by atoms with van der Waals surface area (Å²) in [5.74, 6) is 2.22. The molecule has 2 N–H and O–H groups in total. The third-order valence-electron chi connectivity index (χ3n) is 3.88. The number of piperidine rings is 1. The smallest absolute Gasteiger partial charge is 0.129 e. The SMILES string of the molecule is Cc1nc(NCCc2cnccn2)cc(C2CCCNC2)n1.Cl. The van der Waals surface area contributed by atoms with E-state index in [-0.39, 0.29) is 12.4 Å². The normalized spacial score (nSPS) is 17.3. The highest BCUT2D eigenvalue weighted by atomic mass is 35.5. The summed E-state index contributed by atoms with van der Waals surface area (Å²) >= 11 is 0. The summed E-state index contributed by atoms with van der Waals surface area (Å²) in [6.07, 6.45) is 8.45. The lowest BCUT2D eigenvalue weighted by molar-refractivity contribution is 0.453. The lowest BCUT2D eigenvalue weighted by atomic mass is 9.96. The van der Waals surface area contributed by atoms with Crippen LogP contribution in [-0.2, 0) is 6.42 Å². The molecule has 1 aliphatic heterocycles. The lowest BCUT2D eigenvalue weighted by Gasteiger charge is -2.22. The van der Waals surface area contributed by atoms with Crippen molar-refractivity contribution < 1.29 is 0 Å². The average molecular weight is 335 g/mol. The molecule has 0 aliphatic carbocycles. The van der Waals surface area contributed by atoms with Crippen LogP contribution in [0.2, 0.25) is 0 Å². The number of rotatable bonds is 5. The van der Waals surface area contributed by atoms with Crippen LogP contribution in [0.15, 0.2) is 24.7 Å². The number of nitrogens with one attached hydrogen (secondary N) is 2. The van der Waals surface area contributed by atoms with Crippen LogP contribution in [0.25, 0.3) is 0 Å². The molecule has 3 rings (SSSR count). The zero-order valence-electron chi connectivity index (χ0n) is 13.3. The molecule has 1 aliphatic rings. The Morgan fingerprint density at radius 2 is 2.22 bits per heavy atom. The van der Waals surface area contributed by atoms with Gasteiger partial charge in [0.2, 0.25) is 0 Å². The maximum Gasteiger partial charge on any atom is 0.129 e. The van der Waals surface area contributed by atoms with Crippen LogP contribution in [0.4, 0.5) is 5.82 Å². The molecule has 0 saturated carbocycles. The molecule has 0 radical (unpaired) electrons. The fraction of sp³-hybridized carbons (Fsp3) is 0.500. The van der Waals surface area contributed by atoms with Crippen LogP contribution < -0.4 is 10.6 Å². The highest BCUT2D eigenvalue weighted by molar-refractivity contribution is 5.85. The first kappa shape index (κ1) is 17.6. The van der Waals surface area contributed by atoms with Gasteiger partial charge in [-0.15, -0.1) is 12.4 Å². The highest BCUT2D eigenvalue weighted by Gasteiger charge is 2.17. The number of hydrogen-bond donors (Lipinski definition) is 2. The second-order valence-electron chi connectivity index (χ2n) is 5.64. The quantitative estimate of drug-likeness (QED) is 0.872. The summed E-state index contributed by atoms with van der Waals surface area (Å²) in [5, 5.41) is 6.82. The van der Waals surface area contributed by atoms with Crippen molar-refractivity contribution in [2.75, 3.05) is 25.0 Å². The van der Waals surface area contributed by atoms with Crippen LogP contribution in [-0.4, -0.2) is 39.6 Å². The van der Waals surface area contributed by atoms with Gasteiger partial charge in [-0.3, -0.25) is 9.97 Å². The third-order valence-corrected chi connectivity index (χ3v) is 3.88. The molecule has 1 atom stereocenters. The van der Waals surface area contributed by atoms with E-state index in [1.165, 1.54) is 12.8 Å². The number of hydrogen-bond acceptors (Lipinski definition) is 6. The molecule has 1 unspecified atom stereocenters. The van der Waals surface area contributed by atoms with Crippen molar-refractivity contribution in [3.05, 3.63) is 41.9 Å². The van der Waals surface area contributed by atoms with Gasteiger partial charge in [0.05, 0.1) is 11.4 Å². The fourth-order valence-electron chi connectivity index (χ4n) is 2.77. The van der Waals surface area contributed by atoms with Crippen molar-refractivity contribution in [3.8, 4) is 0 Å². The zero-order chi connectivity index (χ0) is 15.2. The number of anilines is 1. The minimum atomic E-state index is 0. The van der Waals surface area contributed by atoms with E-state index in [1.54, 1.807) is 18.6 Å². The van der Waals surface area contributed by atoms with E-state index in [1.807, 2.05) is 6.92 Å². The Kier molecular flexibility index (Phi) is 6.67. The second kappa shape index (κ2) is 8.74. The molecule has 6 nitrogen and oxygen atoms in total. The van der Waals surface area contributed by atoms with Gasteiger partial charge in [0.15, 0.2) is 0 Å². The molecule has 2 aromatic heterocycles. The molecule has 1 saturated heterocycles. The van der Waals surface area contributed by atoms with E-state index in [0.717, 1.165) is 49.1 Å². The number of nitrogens with zero attached hydrogens (tertiary/aromatic N) is 4. The Balaban J connectivity index is 0.00000192.